The molecule has 0 saturated carbocycles. The Kier molecular flexibility index (Phi) is 6.85. The topological polar surface area (TPSA) is 151 Å². The van der Waals surface area contributed by atoms with E-state index in [9.17, 15) is 28.4 Å². The number of nitro benzene ring substituents is 1. The molecule has 1 aromatic heterocycles. The predicted molar refractivity (Wildman–Crippen MR) is 136 cm³/mol. The van der Waals surface area contributed by atoms with Gasteiger partial charge in [0.25, 0.3) is 11.2 Å². The van der Waals surface area contributed by atoms with E-state index in [1.54, 1.807) is 49.0 Å². The number of aromatic nitrogens is 2. The zero-order valence-corrected chi connectivity index (χ0v) is 20.6. The maximum absolute atomic E-state index is 13.4. The van der Waals surface area contributed by atoms with Gasteiger partial charge >= 0.3 is 0 Å². The van der Waals surface area contributed by atoms with Crippen LogP contribution in [0.4, 0.5) is 11.4 Å². The Balaban J connectivity index is 1.80. The Bertz CT molecular complexity index is 1640. The third-order valence-electron chi connectivity index (χ3n) is 5.72. The molecule has 2 N–H and O–H groups in total. The van der Waals surface area contributed by atoms with Crippen LogP contribution in [0.2, 0.25) is 0 Å². The van der Waals surface area contributed by atoms with E-state index in [4.69, 9.17) is 0 Å². The number of non-ortho nitro benzene ring substituents is 1. The van der Waals surface area contributed by atoms with Gasteiger partial charge in [-0.05, 0) is 48.9 Å². The first kappa shape index (κ1) is 25.3. The zero-order chi connectivity index (χ0) is 26.7. The van der Waals surface area contributed by atoms with Crippen molar-refractivity contribution in [2.75, 3.05) is 5.43 Å². The van der Waals surface area contributed by atoms with Crippen LogP contribution < -0.4 is 21.5 Å². The van der Waals surface area contributed by atoms with E-state index in [1.807, 2.05) is 6.07 Å². The fourth-order valence-electron chi connectivity index (χ4n) is 3.66. The van der Waals surface area contributed by atoms with Crippen molar-refractivity contribution in [3.63, 3.8) is 0 Å². The number of rotatable bonds is 8. The number of hydrogen-bond acceptors (Lipinski definition) is 8. The minimum Gasteiger partial charge on any atom is -0.870 e. The van der Waals surface area contributed by atoms with Crippen LogP contribution in [0.3, 0.4) is 0 Å². The monoisotopic (exact) mass is 520 g/mol. The Morgan fingerprint density at radius 1 is 0.919 bits per heavy atom. The SMILES string of the molecule is Cc1c(NNC(=C([O-])c2ccc([N+](=O)[O-])cc2)S(=O)(=O)c2ccccc2)c(=O)n(-c2ccccc2)n1C. The molecule has 0 spiro atoms. The summed E-state index contributed by atoms with van der Waals surface area (Å²) in [6, 6.07) is 20.7. The summed E-state index contributed by atoms with van der Waals surface area (Å²) in [5.41, 5.74) is 5.34. The van der Waals surface area contributed by atoms with E-state index in [0.29, 0.717) is 11.4 Å². The fourth-order valence-corrected chi connectivity index (χ4v) is 4.96. The minimum absolute atomic E-state index is 0.0311. The molecule has 0 amide bonds. The molecule has 0 fully saturated rings. The molecule has 4 rings (SSSR count). The third kappa shape index (κ3) is 4.82. The highest BCUT2D eigenvalue weighted by Gasteiger charge is 2.24. The van der Waals surface area contributed by atoms with E-state index in [1.165, 1.54) is 41.1 Å². The van der Waals surface area contributed by atoms with Gasteiger partial charge in [-0.1, -0.05) is 42.2 Å². The molecular formula is C25H22N5O6S-. The number of anilines is 1. The highest BCUT2D eigenvalue weighted by molar-refractivity contribution is 7.95. The number of benzene rings is 3. The Morgan fingerprint density at radius 3 is 2.05 bits per heavy atom. The molecule has 12 heteroatoms. The first-order chi connectivity index (χ1) is 17.6. The maximum atomic E-state index is 13.4. The van der Waals surface area contributed by atoms with E-state index in [-0.39, 0.29) is 21.8 Å². The molecule has 3 aromatic carbocycles. The first-order valence-electron chi connectivity index (χ1n) is 10.9. The van der Waals surface area contributed by atoms with Crippen molar-refractivity contribution >= 4 is 27.0 Å². The van der Waals surface area contributed by atoms with Gasteiger partial charge in [-0.2, -0.15) is 0 Å². The van der Waals surface area contributed by atoms with Crippen LogP contribution in [0.15, 0.2) is 99.6 Å². The number of hydrogen-bond donors (Lipinski definition) is 2. The van der Waals surface area contributed by atoms with Crippen molar-refractivity contribution in [1.82, 2.24) is 14.8 Å². The molecule has 0 radical (unpaired) electrons. The lowest BCUT2D eigenvalue weighted by atomic mass is 10.2. The Morgan fingerprint density at radius 2 is 1.49 bits per heavy atom. The maximum Gasteiger partial charge on any atom is 0.296 e. The van der Waals surface area contributed by atoms with Gasteiger partial charge in [0.05, 0.1) is 21.2 Å². The molecule has 1 heterocycles. The average molecular weight is 521 g/mol. The fraction of sp³-hybridized carbons (Fsp3) is 0.0800. The van der Waals surface area contributed by atoms with Gasteiger partial charge in [0.1, 0.15) is 10.7 Å². The number of para-hydroxylation sites is 1. The van der Waals surface area contributed by atoms with Gasteiger partial charge < -0.3 is 5.11 Å². The Labute approximate surface area is 211 Å². The molecule has 11 nitrogen and oxygen atoms in total. The molecule has 0 atom stereocenters. The zero-order valence-electron chi connectivity index (χ0n) is 19.8. The summed E-state index contributed by atoms with van der Waals surface area (Å²) in [7, 11) is -2.71. The lowest BCUT2D eigenvalue weighted by Gasteiger charge is -2.22. The van der Waals surface area contributed by atoms with E-state index >= 15 is 0 Å². The van der Waals surface area contributed by atoms with E-state index < -0.39 is 31.1 Å². The van der Waals surface area contributed by atoms with Crippen molar-refractivity contribution < 1.29 is 18.4 Å². The molecule has 0 saturated heterocycles. The third-order valence-corrected chi connectivity index (χ3v) is 7.44. The van der Waals surface area contributed by atoms with E-state index in [2.05, 4.69) is 10.9 Å². The summed E-state index contributed by atoms with van der Waals surface area (Å²) >= 11 is 0. The highest BCUT2D eigenvalue weighted by atomic mass is 32.2. The van der Waals surface area contributed by atoms with Gasteiger partial charge in [-0.3, -0.25) is 30.4 Å². The summed E-state index contributed by atoms with van der Waals surface area (Å²) in [6.45, 7) is 1.66. The van der Waals surface area contributed by atoms with Gasteiger partial charge in [0.15, 0.2) is 0 Å². The molecule has 0 unspecified atom stereocenters. The van der Waals surface area contributed by atoms with Crippen LogP contribution in [-0.4, -0.2) is 22.7 Å². The highest BCUT2D eigenvalue weighted by Crippen LogP contribution is 2.24. The normalized spacial score (nSPS) is 12.1. The number of nitro groups is 1. The summed E-state index contributed by atoms with van der Waals surface area (Å²) in [5.74, 6) is -0.941. The largest absolute Gasteiger partial charge is 0.870 e. The van der Waals surface area contributed by atoms with Gasteiger partial charge in [0, 0.05) is 19.2 Å². The Hall–Kier alpha value is -4.84. The summed E-state index contributed by atoms with van der Waals surface area (Å²) in [4.78, 5) is 23.4. The minimum atomic E-state index is -4.38. The second-order valence-electron chi connectivity index (χ2n) is 7.97. The van der Waals surface area contributed by atoms with Crippen molar-refractivity contribution in [3.05, 3.63) is 122 Å². The second-order valence-corrected chi connectivity index (χ2v) is 9.85. The molecule has 0 aliphatic carbocycles. The lowest BCUT2D eigenvalue weighted by molar-refractivity contribution is -0.384. The molecule has 4 aromatic rings. The summed E-state index contributed by atoms with van der Waals surface area (Å²) < 4.78 is 29.9. The molecule has 0 aliphatic heterocycles. The standard InChI is InChI=1S/C25H23N5O6S/c1-17-22(25(32)29(28(17)2)19-9-5-3-6-10-19)26-27-24(37(35,36)21-11-7-4-8-12-21)23(31)18-13-15-20(16-14-18)30(33)34/h3-16,26-27,31H,1-2H3/p-1. The predicted octanol–water partition coefficient (Wildman–Crippen LogP) is 2.47. The average Bonchev–Trinajstić information content (AvgIpc) is 3.12. The smallest absolute Gasteiger partial charge is 0.296 e. The summed E-state index contributed by atoms with van der Waals surface area (Å²) in [5, 5.41) is 23.6. The van der Waals surface area contributed by atoms with Gasteiger partial charge in [0.2, 0.25) is 9.84 Å². The van der Waals surface area contributed by atoms with Crippen LogP contribution >= 0.6 is 0 Å². The quantitative estimate of drug-likeness (QED) is 0.204. The van der Waals surface area contributed by atoms with Gasteiger partial charge in [-0.25, -0.2) is 13.1 Å². The van der Waals surface area contributed by atoms with Crippen LogP contribution in [0.5, 0.6) is 0 Å². The van der Waals surface area contributed by atoms with Crippen LogP contribution in [0.25, 0.3) is 11.4 Å². The van der Waals surface area contributed by atoms with Crippen LogP contribution in [-0.2, 0) is 16.9 Å². The van der Waals surface area contributed by atoms with Crippen molar-refractivity contribution in [3.8, 4) is 5.69 Å². The van der Waals surface area contributed by atoms with Crippen molar-refractivity contribution in [1.29, 1.82) is 0 Å². The van der Waals surface area contributed by atoms with Crippen LogP contribution in [0, 0.1) is 17.0 Å². The number of nitrogens with one attached hydrogen (secondary N) is 2. The summed E-state index contributed by atoms with van der Waals surface area (Å²) in [6.07, 6.45) is 0. The van der Waals surface area contributed by atoms with E-state index in [0.717, 1.165) is 12.1 Å². The molecule has 37 heavy (non-hydrogen) atoms. The lowest BCUT2D eigenvalue weighted by Crippen LogP contribution is -2.32. The van der Waals surface area contributed by atoms with Crippen molar-refractivity contribution in [2.45, 2.75) is 11.8 Å². The van der Waals surface area contributed by atoms with Crippen LogP contribution in [0.1, 0.15) is 11.3 Å². The number of hydrazine groups is 1. The number of nitrogens with zero attached hydrogens (tertiary/aromatic N) is 3. The molecule has 190 valence electrons. The van der Waals surface area contributed by atoms with Gasteiger partial charge in [-0.15, -0.1) is 0 Å². The number of sulfone groups is 1. The second kappa shape index (κ2) is 10.0. The molecule has 0 aliphatic rings. The molecular weight excluding hydrogens is 498 g/mol. The first-order valence-corrected chi connectivity index (χ1v) is 12.4. The van der Waals surface area contributed by atoms with Crippen molar-refractivity contribution in [2.24, 2.45) is 7.05 Å². The molecule has 0 bridgehead atoms.